The van der Waals surface area contributed by atoms with Gasteiger partial charge in [-0.1, -0.05) is 122 Å². The lowest BCUT2D eigenvalue weighted by molar-refractivity contribution is 0.201. The Bertz CT molecular complexity index is 616. The molecule has 0 aromatic heterocycles. The predicted octanol–water partition coefficient (Wildman–Crippen LogP) is 10.8. The van der Waals surface area contributed by atoms with Crippen molar-refractivity contribution in [3.63, 3.8) is 0 Å². The van der Waals surface area contributed by atoms with Crippen LogP contribution in [0, 0.1) is 0 Å². The number of hydrogen-bond donors (Lipinski definition) is 0. The highest BCUT2D eigenvalue weighted by Crippen LogP contribution is 2.16. The van der Waals surface area contributed by atoms with E-state index >= 15 is 0 Å². The summed E-state index contributed by atoms with van der Waals surface area (Å²) in [5.41, 5.74) is 1.23. The first-order valence-corrected chi connectivity index (χ1v) is 14.9. The van der Waals surface area contributed by atoms with Gasteiger partial charge in [0.25, 0.3) is 0 Å². The zero-order valence-electron chi connectivity index (χ0n) is 23.3. The molecule has 0 N–H and O–H groups in total. The Labute approximate surface area is 218 Å². The standard InChI is InChI=1S/C33H56O2/c1-4-6-8-10-11-12-13-14-15-16-17-18-19-20-21-23-29-35-33-26-24-32(25-27-33)30-31(3)34-28-22-9-7-5-2/h14-15,24-27H,3-13,16-23,28-30H2,1-2H3/b15-14-. The first kappa shape index (κ1) is 31.3. The second-order valence-electron chi connectivity index (χ2n) is 10.1. The van der Waals surface area contributed by atoms with Crippen LogP contribution in [0.3, 0.4) is 0 Å². The van der Waals surface area contributed by atoms with Crippen molar-refractivity contribution in [1.29, 1.82) is 0 Å². The Hall–Kier alpha value is -1.70. The Kier molecular flexibility index (Phi) is 21.5. The van der Waals surface area contributed by atoms with Crippen LogP contribution in [0.1, 0.15) is 135 Å². The van der Waals surface area contributed by atoms with Crippen molar-refractivity contribution in [3.8, 4) is 5.75 Å². The molecule has 0 heterocycles. The zero-order valence-corrected chi connectivity index (χ0v) is 23.3. The summed E-state index contributed by atoms with van der Waals surface area (Å²) in [7, 11) is 0. The van der Waals surface area contributed by atoms with Crippen LogP contribution in [0.25, 0.3) is 0 Å². The number of rotatable bonds is 25. The van der Waals surface area contributed by atoms with Gasteiger partial charge in [0.1, 0.15) is 5.75 Å². The Morgan fingerprint density at radius 2 is 1.11 bits per heavy atom. The molecule has 0 amide bonds. The summed E-state index contributed by atoms with van der Waals surface area (Å²) in [6.45, 7) is 10.2. The summed E-state index contributed by atoms with van der Waals surface area (Å²) in [5.74, 6) is 1.83. The minimum Gasteiger partial charge on any atom is -0.498 e. The molecule has 0 aliphatic heterocycles. The van der Waals surface area contributed by atoms with Gasteiger partial charge < -0.3 is 9.47 Å². The van der Waals surface area contributed by atoms with Crippen molar-refractivity contribution in [2.24, 2.45) is 0 Å². The lowest BCUT2D eigenvalue weighted by Gasteiger charge is -2.10. The Morgan fingerprint density at radius 1 is 0.629 bits per heavy atom. The van der Waals surface area contributed by atoms with Crippen molar-refractivity contribution in [2.45, 2.75) is 136 Å². The van der Waals surface area contributed by atoms with Gasteiger partial charge in [0.05, 0.1) is 19.0 Å². The maximum Gasteiger partial charge on any atom is 0.119 e. The topological polar surface area (TPSA) is 18.5 Å². The molecule has 200 valence electrons. The van der Waals surface area contributed by atoms with Gasteiger partial charge >= 0.3 is 0 Å². The van der Waals surface area contributed by atoms with E-state index in [9.17, 15) is 0 Å². The van der Waals surface area contributed by atoms with Gasteiger partial charge in [0, 0.05) is 6.42 Å². The average Bonchev–Trinajstić information content (AvgIpc) is 2.87. The molecule has 0 aliphatic rings. The van der Waals surface area contributed by atoms with Crippen LogP contribution in [-0.2, 0) is 11.2 Å². The van der Waals surface area contributed by atoms with E-state index in [0.717, 1.165) is 44.0 Å². The molecule has 2 heteroatoms. The summed E-state index contributed by atoms with van der Waals surface area (Å²) >= 11 is 0. The Morgan fingerprint density at radius 3 is 1.71 bits per heavy atom. The van der Waals surface area contributed by atoms with Gasteiger partial charge in [-0.05, 0) is 56.2 Å². The van der Waals surface area contributed by atoms with Crippen molar-refractivity contribution in [3.05, 3.63) is 54.3 Å². The number of allylic oxidation sites excluding steroid dienone is 3. The largest absolute Gasteiger partial charge is 0.498 e. The molecular weight excluding hydrogens is 428 g/mol. The molecule has 0 atom stereocenters. The molecule has 0 unspecified atom stereocenters. The SMILES string of the molecule is C=C(Cc1ccc(OCCCCCCCC/C=C\CCCCCCCC)cc1)OCCCCCC. The van der Waals surface area contributed by atoms with Crippen LogP contribution >= 0.6 is 0 Å². The van der Waals surface area contributed by atoms with Gasteiger partial charge in [0.2, 0.25) is 0 Å². The number of hydrogen-bond acceptors (Lipinski definition) is 2. The first-order valence-electron chi connectivity index (χ1n) is 14.9. The summed E-state index contributed by atoms with van der Waals surface area (Å²) in [6.07, 6.45) is 29.2. The third-order valence-electron chi connectivity index (χ3n) is 6.55. The van der Waals surface area contributed by atoms with E-state index in [0.29, 0.717) is 0 Å². The van der Waals surface area contributed by atoms with E-state index in [1.165, 1.54) is 108 Å². The van der Waals surface area contributed by atoms with Crippen molar-refractivity contribution in [2.75, 3.05) is 13.2 Å². The highest BCUT2D eigenvalue weighted by atomic mass is 16.5. The summed E-state index contributed by atoms with van der Waals surface area (Å²) in [5, 5.41) is 0. The molecule has 1 rings (SSSR count). The van der Waals surface area contributed by atoms with Crippen molar-refractivity contribution in [1.82, 2.24) is 0 Å². The smallest absolute Gasteiger partial charge is 0.119 e. The fourth-order valence-electron chi connectivity index (χ4n) is 4.27. The van der Waals surface area contributed by atoms with E-state index in [4.69, 9.17) is 9.47 Å². The highest BCUT2D eigenvalue weighted by molar-refractivity contribution is 5.28. The first-order chi connectivity index (χ1) is 17.3. The van der Waals surface area contributed by atoms with Gasteiger partial charge in [-0.15, -0.1) is 0 Å². The molecule has 35 heavy (non-hydrogen) atoms. The fourth-order valence-corrected chi connectivity index (χ4v) is 4.27. The molecule has 0 fully saturated rings. The van der Waals surface area contributed by atoms with Gasteiger partial charge in [-0.3, -0.25) is 0 Å². The third kappa shape index (κ3) is 20.2. The minimum atomic E-state index is 0.781. The molecule has 0 aliphatic carbocycles. The van der Waals surface area contributed by atoms with E-state index in [2.05, 4.69) is 56.8 Å². The zero-order chi connectivity index (χ0) is 25.2. The Balaban J connectivity index is 1.92. The van der Waals surface area contributed by atoms with Crippen molar-refractivity contribution >= 4 is 0 Å². The fraction of sp³-hybridized carbons (Fsp3) is 0.697. The van der Waals surface area contributed by atoms with Crippen LogP contribution in [0.5, 0.6) is 5.75 Å². The van der Waals surface area contributed by atoms with Gasteiger partial charge in [-0.2, -0.15) is 0 Å². The van der Waals surface area contributed by atoms with Crippen LogP contribution in [-0.4, -0.2) is 13.2 Å². The molecule has 0 bridgehead atoms. The maximum atomic E-state index is 5.92. The van der Waals surface area contributed by atoms with Gasteiger partial charge in [-0.25, -0.2) is 0 Å². The van der Waals surface area contributed by atoms with E-state index < -0.39 is 0 Å². The predicted molar refractivity (Wildman–Crippen MR) is 154 cm³/mol. The monoisotopic (exact) mass is 484 g/mol. The molecule has 1 aromatic rings. The molecular formula is C33H56O2. The molecule has 1 aromatic carbocycles. The quantitative estimate of drug-likeness (QED) is 0.0780. The maximum absolute atomic E-state index is 5.92. The second kappa shape index (κ2) is 24.0. The molecule has 0 radical (unpaired) electrons. The van der Waals surface area contributed by atoms with Crippen LogP contribution in [0.2, 0.25) is 0 Å². The average molecular weight is 485 g/mol. The van der Waals surface area contributed by atoms with Crippen molar-refractivity contribution < 1.29 is 9.47 Å². The molecule has 2 nitrogen and oxygen atoms in total. The lowest BCUT2D eigenvalue weighted by Crippen LogP contribution is -1.99. The van der Waals surface area contributed by atoms with E-state index in [1.807, 2.05) is 0 Å². The number of benzene rings is 1. The normalized spacial score (nSPS) is 11.3. The summed E-state index contributed by atoms with van der Waals surface area (Å²) in [4.78, 5) is 0. The minimum absolute atomic E-state index is 0.781. The second-order valence-corrected chi connectivity index (χ2v) is 10.1. The summed E-state index contributed by atoms with van der Waals surface area (Å²) in [6, 6.07) is 8.40. The van der Waals surface area contributed by atoms with Gasteiger partial charge in [0.15, 0.2) is 0 Å². The van der Waals surface area contributed by atoms with Crippen LogP contribution in [0.4, 0.5) is 0 Å². The molecule has 0 spiro atoms. The van der Waals surface area contributed by atoms with Crippen LogP contribution in [0.15, 0.2) is 48.8 Å². The van der Waals surface area contributed by atoms with Crippen LogP contribution < -0.4 is 4.74 Å². The molecule has 0 saturated carbocycles. The molecule has 0 saturated heterocycles. The van der Waals surface area contributed by atoms with E-state index in [-0.39, 0.29) is 0 Å². The third-order valence-corrected chi connectivity index (χ3v) is 6.55. The highest BCUT2D eigenvalue weighted by Gasteiger charge is 2.01. The number of unbranched alkanes of at least 4 members (excludes halogenated alkanes) is 15. The number of ether oxygens (including phenoxy) is 2. The summed E-state index contributed by atoms with van der Waals surface area (Å²) < 4.78 is 11.7. The van der Waals surface area contributed by atoms with E-state index in [1.54, 1.807) is 0 Å². The lowest BCUT2D eigenvalue weighted by atomic mass is 10.1.